The fourth-order valence-electron chi connectivity index (χ4n) is 0.882. The number of rotatable bonds is 1. The highest BCUT2D eigenvalue weighted by molar-refractivity contribution is 7.08. The molecule has 0 amide bonds. The largest absolute Gasteiger partial charge is 0.256 e. The highest BCUT2D eigenvalue weighted by Gasteiger charge is 1.95. The van der Waals surface area contributed by atoms with Crippen LogP contribution in [0.4, 0.5) is 0 Å². The Labute approximate surface area is 69.3 Å². The molecule has 0 saturated heterocycles. The Morgan fingerprint density at radius 1 is 1.45 bits per heavy atom. The molecule has 0 aliphatic heterocycles. The first-order chi connectivity index (χ1) is 5.47. The molecule has 0 spiro atoms. The minimum Gasteiger partial charge on any atom is -0.256 e. The second-order valence-electron chi connectivity index (χ2n) is 2.14. The van der Waals surface area contributed by atoms with Crippen molar-refractivity contribution in [1.29, 1.82) is 0 Å². The van der Waals surface area contributed by atoms with Gasteiger partial charge in [0.15, 0.2) is 0 Å². The Hall–Kier alpha value is -1.15. The van der Waals surface area contributed by atoms with Crippen molar-refractivity contribution in [3.63, 3.8) is 0 Å². The Bertz CT molecular complexity index is 313. The molecule has 0 aliphatic rings. The summed E-state index contributed by atoms with van der Waals surface area (Å²) in [7, 11) is 0. The average molecular weight is 160 g/mol. The van der Waals surface area contributed by atoms with Crippen LogP contribution in [0.5, 0.6) is 0 Å². The minimum atomic E-state index is 0.925. The Balaban J connectivity index is 2.46. The van der Waals surface area contributed by atoms with Gasteiger partial charge in [0.2, 0.25) is 0 Å². The van der Waals surface area contributed by atoms with Crippen LogP contribution in [-0.2, 0) is 0 Å². The topological polar surface area (TPSA) is 12.9 Å². The molecule has 11 heavy (non-hydrogen) atoms. The maximum atomic E-state index is 4.17. The predicted molar refractivity (Wildman–Crippen MR) is 46.4 cm³/mol. The normalized spacial score (nSPS) is 9.82. The summed E-state index contributed by atoms with van der Waals surface area (Å²) in [6.45, 7) is 0. The Morgan fingerprint density at radius 3 is 3.09 bits per heavy atom. The molecule has 0 fully saturated rings. The van der Waals surface area contributed by atoms with E-state index < -0.39 is 0 Å². The number of pyridine rings is 1. The number of aromatic nitrogens is 1. The van der Waals surface area contributed by atoms with Gasteiger partial charge in [-0.25, -0.2) is 0 Å². The van der Waals surface area contributed by atoms with E-state index in [1.54, 1.807) is 17.5 Å². The molecule has 0 aliphatic carbocycles. The summed E-state index contributed by atoms with van der Waals surface area (Å²) in [5.41, 5.74) is 2.07. The first kappa shape index (κ1) is 6.55. The van der Waals surface area contributed by atoms with Gasteiger partial charge in [0, 0.05) is 23.2 Å². The van der Waals surface area contributed by atoms with Crippen molar-refractivity contribution < 1.29 is 0 Å². The van der Waals surface area contributed by atoms with Crippen LogP contribution in [0.1, 0.15) is 0 Å². The molecule has 2 aromatic rings. The molecule has 1 radical (unpaired) electrons. The highest BCUT2D eigenvalue weighted by atomic mass is 32.1. The van der Waals surface area contributed by atoms with E-state index in [-0.39, 0.29) is 0 Å². The fraction of sp³-hybridized carbons (Fsp3) is 0. The molecule has 2 rings (SSSR count). The average Bonchev–Trinajstić information content (AvgIpc) is 2.58. The fourth-order valence-corrected chi connectivity index (χ4v) is 1.52. The first-order valence-corrected chi connectivity index (χ1v) is 4.26. The standard InChI is InChI=1S/C9H6NS/c1-2-5-10-9(3-1)8-4-6-11-7-8/h1-2,4-7H. The van der Waals surface area contributed by atoms with Crippen molar-refractivity contribution in [2.45, 2.75) is 0 Å². The molecule has 0 unspecified atom stereocenters. The van der Waals surface area contributed by atoms with Crippen LogP contribution in [0.2, 0.25) is 0 Å². The van der Waals surface area contributed by atoms with Gasteiger partial charge in [0.25, 0.3) is 0 Å². The summed E-state index contributed by atoms with van der Waals surface area (Å²) in [5, 5.41) is 4.11. The van der Waals surface area contributed by atoms with Crippen LogP contribution in [0.3, 0.4) is 0 Å². The quantitative estimate of drug-likeness (QED) is 0.625. The Kier molecular flexibility index (Phi) is 1.69. The van der Waals surface area contributed by atoms with Gasteiger partial charge in [-0.2, -0.15) is 11.3 Å². The van der Waals surface area contributed by atoms with Crippen LogP contribution >= 0.6 is 11.3 Å². The summed E-state index contributed by atoms with van der Waals surface area (Å²) in [5.74, 6) is 0. The molecular formula is C9H6NS. The van der Waals surface area contributed by atoms with Crippen molar-refractivity contribution in [3.05, 3.63) is 41.2 Å². The summed E-state index contributed by atoms with van der Waals surface area (Å²) in [6.07, 6.45) is 1.78. The molecule has 0 bridgehead atoms. The number of thiophene rings is 1. The molecule has 0 aromatic carbocycles. The number of hydrogen-bond donors (Lipinski definition) is 0. The maximum absolute atomic E-state index is 4.17. The second-order valence-corrected chi connectivity index (χ2v) is 2.92. The smallest absolute Gasteiger partial charge is 0.0789 e. The van der Waals surface area contributed by atoms with Gasteiger partial charge in [-0.3, -0.25) is 4.98 Å². The first-order valence-electron chi connectivity index (χ1n) is 3.32. The van der Waals surface area contributed by atoms with Gasteiger partial charge in [-0.1, -0.05) is 6.07 Å². The third kappa shape index (κ3) is 1.30. The second kappa shape index (κ2) is 2.84. The van der Waals surface area contributed by atoms with Crippen molar-refractivity contribution in [2.75, 3.05) is 0 Å². The van der Waals surface area contributed by atoms with Crippen LogP contribution in [-0.4, -0.2) is 4.98 Å². The third-order valence-corrected chi connectivity index (χ3v) is 2.08. The monoisotopic (exact) mass is 160 g/mol. The molecule has 0 N–H and O–H groups in total. The third-order valence-electron chi connectivity index (χ3n) is 1.40. The van der Waals surface area contributed by atoms with Gasteiger partial charge in [-0.15, -0.1) is 0 Å². The van der Waals surface area contributed by atoms with E-state index in [0.717, 1.165) is 11.3 Å². The molecule has 53 valence electrons. The van der Waals surface area contributed by atoms with E-state index in [1.807, 2.05) is 23.6 Å². The van der Waals surface area contributed by atoms with Gasteiger partial charge in [-0.05, 0) is 17.5 Å². The molecule has 0 atom stereocenters. The van der Waals surface area contributed by atoms with Crippen molar-refractivity contribution in [3.8, 4) is 11.3 Å². The van der Waals surface area contributed by atoms with Crippen LogP contribution in [0, 0.1) is 6.07 Å². The van der Waals surface area contributed by atoms with E-state index in [0.29, 0.717) is 0 Å². The molecule has 0 saturated carbocycles. The zero-order chi connectivity index (χ0) is 7.52. The Morgan fingerprint density at radius 2 is 2.45 bits per heavy atom. The van der Waals surface area contributed by atoms with Crippen LogP contribution in [0.15, 0.2) is 35.2 Å². The van der Waals surface area contributed by atoms with Crippen molar-refractivity contribution in [2.24, 2.45) is 0 Å². The van der Waals surface area contributed by atoms with Gasteiger partial charge in [0.1, 0.15) is 0 Å². The molecule has 2 heteroatoms. The highest BCUT2D eigenvalue weighted by Crippen LogP contribution is 2.17. The van der Waals surface area contributed by atoms with E-state index in [9.17, 15) is 0 Å². The molecule has 2 heterocycles. The lowest BCUT2D eigenvalue weighted by molar-refractivity contribution is 1.33. The maximum Gasteiger partial charge on any atom is 0.0789 e. The van der Waals surface area contributed by atoms with E-state index in [2.05, 4.69) is 16.4 Å². The zero-order valence-electron chi connectivity index (χ0n) is 5.82. The summed E-state index contributed by atoms with van der Waals surface area (Å²) >= 11 is 1.67. The summed E-state index contributed by atoms with van der Waals surface area (Å²) in [6, 6.07) is 8.86. The zero-order valence-corrected chi connectivity index (χ0v) is 6.64. The SMILES string of the molecule is [c]1cccnc1-c1ccsc1. The van der Waals surface area contributed by atoms with Gasteiger partial charge < -0.3 is 0 Å². The lowest BCUT2D eigenvalue weighted by Gasteiger charge is -1.91. The van der Waals surface area contributed by atoms with Gasteiger partial charge in [0.05, 0.1) is 5.69 Å². The number of hydrogen-bond acceptors (Lipinski definition) is 2. The van der Waals surface area contributed by atoms with E-state index in [4.69, 9.17) is 0 Å². The van der Waals surface area contributed by atoms with E-state index in [1.165, 1.54) is 0 Å². The lowest BCUT2D eigenvalue weighted by Crippen LogP contribution is -1.77. The van der Waals surface area contributed by atoms with Gasteiger partial charge >= 0.3 is 0 Å². The summed E-state index contributed by atoms with van der Waals surface area (Å²) in [4.78, 5) is 4.17. The molecule has 1 nitrogen and oxygen atoms in total. The summed E-state index contributed by atoms with van der Waals surface area (Å²) < 4.78 is 0. The van der Waals surface area contributed by atoms with Crippen LogP contribution in [0.25, 0.3) is 11.3 Å². The van der Waals surface area contributed by atoms with Crippen molar-refractivity contribution in [1.82, 2.24) is 4.98 Å². The lowest BCUT2D eigenvalue weighted by atomic mass is 10.2. The van der Waals surface area contributed by atoms with Crippen molar-refractivity contribution >= 4 is 11.3 Å². The molecular weight excluding hydrogens is 154 g/mol. The number of nitrogens with zero attached hydrogens (tertiary/aromatic N) is 1. The van der Waals surface area contributed by atoms with E-state index >= 15 is 0 Å². The molecule has 2 aromatic heterocycles. The van der Waals surface area contributed by atoms with Crippen LogP contribution < -0.4 is 0 Å². The minimum absolute atomic E-state index is 0.925. The predicted octanol–water partition coefficient (Wildman–Crippen LogP) is 2.61.